The van der Waals surface area contributed by atoms with Gasteiger partial charge in [0.05, 0.1) is 18.1 Å². The summed E-state index contributed by atoms with van der Waals surface area (Å²) in [6.07, 6.45) is 1.15. The zero-order chi connectivity index (χ0) is 24.0. The first-order chi connectivity index (χ1) is 16.4. The van der Waals surface area contributed by atoms with Gasteiger partial charge in [-0.2, -0.15) is 4.31 Å². The van der Waals surface area contributed by atoms with Gasteiger partial charge in [0.15, 0.2) is 0 Å². The third-order valence-electron chi connectivity index (χ3n) is 6.18. The van der Waals surface area contributed by atoms with Crippen LogP contribution in [0.15, 0.2) is 59.5 Å². The van der Waals surface area contributed by atoms with Crippen molar-refractivity contribution >= 4 is 27.6 Å². The number of amides is 3. The lowest BCUT2D eigenvalue weighted by atomic mass is 9.96. The number of carbonyl (C=O) groups excluding carboxylic acids is 2. The molecule has 0 aliphatic carbocycles. The van der Waals surface area contributed by atoms with Gasteiger partial charge in [-0.05, 0) is 36.6 Å². The highest BCUT2D eigenvalue weighted by molar-refractivity contribution is 7.89. The van der Waals surface area contributed by atoms with E-state index in [1.807, 2.05) is 30.3 Å². The minimum absolute atomic E-state index is 0.0338. The number of para-hydroxylation sites is 1. The number of nitrogens with one attached hydrogen (secondary N) is 2. The van der Waals surface area contributed by atoms with Crippen LogP contribution in [0.1, 0.15) is 18.4 Å². The van der Waals surface area contributed by atoms with Gasteiger partial charge >= 0.3 is 6.03 Å². The second-order valence-electron chi connectivity index (χ2n) is 8.40. The predicted molar refractivity (Wildman–Crippen MR) is 128 cm³/mol. The normalized spacial score (nSPS) is 17.8. The van der Waals surface area contributed by atoms with Gasteiger partial charge in [-0.15, -0.1) is 0 Å². The van der Waals surface area contributed by atoms with Crippen molar-refractivity contribution < 1.29 is 22.7 Å². The minimum Gasteiger partial charge on any atom is -0.379 e. The number of urea groups is 1. The van der Waals surface area contributed by atoms with Gasteiger partial charge in [0.25, 0.3) is 0 Å². The van der Waals surface area contributed by atoms with Crippen molar-refractivity contribution in [3.8, 4) is 0 Å². The van der Waals surface area contributed by atoms with Crippen LogP contribution in [-0.2, 0) is 26.1 Å². The monoisotopic (exact) mass is 486 g/mol. The zero-order valence-electron chi connectivity index (χ0n) is 19.0. The van der Waals surface area contributed by atoms with Gasteiger partial charge in [-0.3, -0.25) is 4.79 Å². The molecule has 0 radical (unpaired) electrons. The summed E-state index contributed by atoms with van der Waals surface area (Å²) in [7, 11) is -3.66. The van der Waals surface area contributed by atoms with Crippen LogP contribution in [0.2, 0.25) is 0 Å². The lowest BCUT2D eigenvalue weighted by Crippen LogP contribution is -2.46. The second-order valence-corrected chi connectivity index (χ2v) is 10.3. The van der Waals surface area contributed by atoms with E-state index in [0.29, 0.717) is 57.8 Å². The number of nitrogens with zero attached hydrogens (tertiary/aromatic N) is 2. The van der Waals surface area contributed by atoms with Gasteiger partial charge < -0.3 is 20.3 Å². The number of sulfonamides is 1. The van der Waals surface area contributed by atoms with Gasteiger partial charge in [-0.25, -0.2) is 13.2 Å². The summed E-state index contributed by atoms with van der Waals surface area (Å²) >= 11 is 0. The van der Waals surface area contributed by atoms with E-state index >= 15 is 0 Å². The summed E-state index contributed by atoms with van der Waals surface area (Å²) < 4.78 is 32.9. The van der Waals surface area contributed by atoms with Crippen LogP contribution >= 0.6 is 0 Å². The molecule has 0 unspecified atom stereocenters. The molecule has 34 heavy (non-hydrogen) atoms. The molecule has 4 rings (SSSR count). The fourth-order valence-corrected chi connectivity index (χ4v) is 5.85. The highest BCUT2D eigenvalue weighted by Gasteiger charge is 2.30. The third-order valence-corrected chi connectivity index (χ3v) is 8.18. The fourth-order valence-electron chi connectivity index (χ4n) is 4.22. The molecular formula is C24H30N4O5S. The SMILES string of the molecule is O=C(Nc1ccccc1)C1CCN(C(=O)NCc2ccccc2S(=O)(=O)N2CCOCC2)CC1. The Labute approximate surface area is 200 Å². The number of ether oxygens (including phenoxy) is 1. The van der Waals surface area contributed by atoms with Crippen molar-refractivity contribution in [2.24, 2.45) is 5.92 Å². The van der Waals surface area contributed by atoms with E-state index in [1.165, 1.54) is 4.31 Å². The minimum atomic E-state index is -3.66. The highest BCUT2D eigenvalue weighted by Crippen LogP contribution is 2.22. The van der Waals surface area contributed by atoms with Crippen LogP contribution in [-0.4, -0.2) is 69.0 Å². The van der Waals surface area contributed by atoms with Crippen molar-refractivity contribution in [1.29, 1.82) is 0 Å². The quantitative estimate of drug-likeness (QED) is 0.651. The number of likely N-dealkylation sites (tertiary alicyclic amines) is 1. The first-order valence-electron chi connectivity index (χ1n) is 11.5. The molecule has 2 fully saturated rings. The van der Waals surface area contributed by atoms with E-state index in [1.54, 1.807) is 29.2 Å². The molecule has 9 nitrogen and oxygen atoms in total. The second kappa shape index (κ2) is 11.0. The number of hydrogen-bond acceptors (Lipinski definition) is 5. The van der Waals surface area contributed by atoms with Crippen LogP contribution < -0.4 is 10.6 Å². The zero-order valence-corrected chi connectivity index (χ0v) is 19.8. The van der Waals surface area contributed by atoms with Gasteiger partial charge in [0.1, 0.15) is 0 Å². The smallest absolute Gasteiger partial charge is 0.317 e. The number of carbonyl (C=O) groups is 2. The maximum absolute atomic E-state index is 13.1. The van der Waals surface area contributed by atoms with Crippen LogP contribution in [0, 0.1) is 5.92 Å². The van der Waals surface area contributed by atoms with Crippen LogP contribution in [0.4, 0.5) is 10.5 Å². The van der Waals surface area contributed by atoms with E-state index in [9.17, 15) is 18.0 Å². The molecule has 0 atom stereocenters. The Morgan fingerprint density at radius 3 is 2.26 bits per heavy atom. The van der Waals surface area contributed by atoms with Crippen LogP contribution in [0.5, 0.6) is 0 Å². The molecule has 10 heteroatoms. The molecule has 2 aliphatic heterocycles. The molecule has 2 aromatic rings. The summed E-state index contributed by atoms with van der Waals surface area (Å²) in [5.74, 6) is -0.183. The van der Waals surface area contributed by atoms with E-state index in [-0.39, 0.29) is 29.3 Å². The van der Waals surface area contributed by atoms with Crippen molar-refractivity contribution in [2.75, 3.05) is 44.7 Å². The molecule has 2 aliphatic rings. The Balaban J connectivity index is 1.31. The van der Waals surface area contributed by atoms with Crippen LogP contribution in [0.3, 0.4) is 0 Å². The standard InChI is InChI=1S/C24H30N4O5S/c29-23(26-21-7-2-1-3-8-21)19-10-12-27(13-11-19)24(30)25-18-20-6-4-5-9-22(20)34(31,32)28-14-16-33-17-15-28/h1-9,19H,10-18H2,(H,25,30)(H,26,29). The Hall–Kier alpha value is -2.95. The van der Waals surface area contributed by atoms with Crippen molar-refractivity contribution in [2.45, 2.75) is 24.3 Å². The molecule has 0 saturated carbocycles. The first kappa shape index (κ1) is 24.2. The lowest BCUT2D eigenvalue weighted by molar-refractivity contribution is -0.121. The molecule has 2 heterocycles. The van der Waals surface area contributed by atoms with Crippen molar-refractivity contribution in [3.63, 3.8) is 0 Å². The molecule has 2 N–H and O–H groups in total. The number of anilines is 1. The Bertz CT molecular complexity index is 1100. The summed E-state index contributed by atoms with van der Waals surface area (Å²) in [6.45, 7) is 2.41. The Morgan fingerprint density at radius 1 is 0.912 bits per heavy atom. The van der Waals surface area contributed by atoms with Gasteiger partial charge in [0, 0.05) is 44.3 Å². The third kappa shape index (κ3) is 5.75. The lowest BCUT2D eigenvalue weighted by Gasteiger charge is -2.31. The maximum atomic E-state index is 13.1. The molecule has 0 bridgehead atoms. The molecule has 3 amide bonds. The van der Waals surface area contributed by atoms with Crippen molar-refractivity contribution in [3.05, 3.63) is 60.2 Å². The number of benzene rings is 2. The average Bonchev–Trinajstić information content (AvgIpc) is 2.88. The molecule has 0 aromatic heterocycles. The van der Waals surface area contributed by atoms with E-state index < -0.39 is 10.0 Å². The van der Waals surface area contributed by atoms with E-state index in [2.05, 4.69) is 10.6 Å². The van der Waals surface area contributed by atoms with Crippen LogP contribution in [0.25, 0.3) is 0 Å². The molecule has 2 saturated heterocycles. The average molecular weight is 487 g/mol. The predicted octanol–water partition coefficient (Wildman–Crippen LogP) is 2.27. The number of piperidine rings is 1. The molecule has 182 valence electrons. The van der Waals surface area contributed by atoms with E-state index in [0.717, 1.165) is 5.69 Å². The molecular weight excluding hydrogens is 456 g/mol. The summed E-state index contributed by atoms with van der Waals surface area (Å²) in [6, 6.07) is 15.8. The van der Waals surface area contributed by atoms with Gasteiger partial charge in [0.2, 0.25) is 15.9 Å². The molecule has 0 spiro atoms. The van der Waals surface area contributed by atoms with E-state index in [4.69, 9.17) is 4.74 Å². The largest absolute Gasteiger partial charge is 0.379 e. The number of morpholine rings is 1. The Kier molecular flexibility index (Phi) is 7.81. The fraction of sp³-hybridized carbons (Fsp3) is 0.417. The molecule has 2 aromatic carbocycles. The highest BCUT2D eigenvalue weighted by atomic mass is 32.2. The van der Waals surface area contributed by atoms with Gasteiger partial charge in [-0.1, -0.05) is 36.4 Å². The summed E-state index contributed by atoms with van der Waals surface area (Å²) in [5, 5.41) is 5.77. The maximum Gasteiger partial charge on any atom is 0.317 e. The first-order valence-corrected chi connectivity index (χ1v) is 12.9. The summed E-state index contributed by atoms with van der Waals surface area (Å²) in [5.41, 5.74) is 1.30. The number of rotatable bonds is 6. The topological polar surface area (TPSA) is 108 Å². The summed E-state index contributed by atoms with van der Waals surface area (Å²) in [4.78, 5) is 27.1. The Morgan fingerprint density at radius 2 is 1.56 bits per heavy atom. The van der Waals surface area contributed by atoms with Crippen molar-refractivity contribution in [1.82, 2.24) is 14.5 Å². The number of hydrogen-bond donors (Lipinski definition) is 2.